The molecular formula is C14H17N2. The molecule has 3 rings (SSSR count). The van der Waals surface area contributed by atoms with Crippen molar-refractivity contribution >= 4 is 0 Å². The summed E-state index contributed by atoms with van der Waals surface area (Å²) in [5.41, 5.74) is 7.18. The third-order valence-electron chi connectivity index (χ3n) is 3.62. The molecule has 2 aliphatic rings. The maximum Gasteiger partial charge on any atom is 0.0518 e. The minimum absolute atomic E-state index is 0.720. The summed E-state index contributed by atoms with van der Waals surface area (Å²) in [7, 11) is 0. The van der Waals surface area contributed by atoms with Crippen molar-refractivity contribution in [3.63, 3.8) is 0 Å². The SMILES string of the molecule is [CH2]c1c(C)cccc1CNN1C=CC2CC21. The summed E-state index contributed by atoms with van der Waals surface area (Å²) in [6.07, 6.45) is 5.77. The monoisotopic (exact) mass is 213 g/mol. The topological polar surface area (TPSA) is 15.3 Å². The molecule has 1 saturated carbocycles. The zero-order valence-electron chi connectivity index (χ0n) is 9.61. The highest BCUT2D eigenvalue weighted by molar-refractivity contribution is 5.36. The predicted octanol–water partition coefficient (Wildman–Crippen LogP) is 2.40. The van der Waals surface area contributed by atoms with Gasteiger partial charge in [0.1, 0.15) is 0 Å². The van der Waals surface area contributed by atoms with Crippen molar-refractivity contribution in [3.8, 4) is 0 Å². The van der Waals surface area contributed by atoms with Gasteiger partial charge >= 0.3 is 0 Å². The van der Waals surface area contributed by atoms with Crippen molar-refractivity contribution in [2.45, 2.75) is 25.9 Å². The van der Waals surface area contributed by atoms with E-state index in [9.17, 15) is 0 Å². The summed E-state index contributed by atoms with van der Waals surface area (Å²) in [4.78, 5) is 0. The van der Waals surface area contributed by atoms with E-state index in [0.717, 1.165) is 24.1 Å². The van der Waals surface area contributed by atoms with E-state index in [0.29, 0.717) is 0 Å². The Bertz CT molecular complexity index is 436. The largest absolute Gasteiger partial charge is 0.312 e. The van der Waals surface area contributed by atoms with Gasteiger partial charge in [-0.25, -0.2) is 5.43 Å². The lowest BCUT2D eigenvalue weighted by molar-refractivity contribution is 0.262. The number of nitrogens with zero attached hydrogens (tertiary/aromatic N) is 1. The third-order valence-corrected chi connectivity index (χ3v) is 3.62. The summed E-state index contributed by atoms with van der Waals surface area (Å²) in [6, 6.07) is 7.07. The Kier molecular flexibility index (Phi) is 2.25. The zero-order chi connectivity index (χ0) is 11.1. The maximum atomic E-state index is 4.12. The lowest BCUT2D eigenvalue weighted by Crippen LogP contribution is -2.33. The van der Waals surface area contributed by atoms with Crippen LogP contribution in [0, 0.1) is 19.8 Å². The molecule has 1 aliphatic heterocycles. The zero-order valence-corrected chi connectivity index (χ0v) is 9.61. The molecule has 2 unspecified atom stereocenters. The second-order valence-electron chi connectivity index (χ2n) is 4.76. The minimum Gasteiger partial charge on any atom is -0.312 e. The maximum absolute atomic E-state index is 4.12. The highest BCUT2D eigenvalue weighted by atomic mass is 15.5. The van der Waals surface area contributed by atoms with E-state index in [1.807, 2.05) is 0 Å². The first-order chi connectivity index (χ1) is 7.75. The van der Waals surface area contributed by atoms with Crippen LogP contribution < -0.4 is 5.43 Å². The predicted molar refractivity (Wildman–Crippen MR) is 65.4 cm³/mol. The molecule has 1 fully saturated rings. The van der Waals surface area contributed by atoms with Gasteiger partial charge in [0.2, 0.25) is 0 Å². The Hall–Kier alpha value is -1.28. The molecule has 1 heterocycles. The first-order valence-corrected chi connectivity index (χ1v) is 5.86. The van der Waals surface area contributed by atoms with Gasteiger partial charge in [0, 0.05) is 18.7 Å². The van der Waals surface area contributed by atoms with Crippen LogP contribution in [-0.4, -0.2) is 11.1 Å². The molecule has 1 radical (unpaired) electrons. The lowest BCUT2D eigenvalue weighted by Gasteiger charge is -2.20. The van der Waals surface area contributed by atoms with Crippen LogP contribution in [0.3, 0.4) is 0 Å². The molecule has 1 aliphatic carbocycles. The number of fused-ring (bicyclic) bond motifs is 1. The average molecular weight is 213 g/mol. The van der Waals surface area contributed by atoms with Gasteiger partial charge < -0.3 is 5.01 Å². The molecule has 0 bridgehead atoms. The van der Waals surface area contributed by atoms with Crippen LogP contribution in [0.25, 0.3) is 0 Å². The second kappa shape index (κ2) is 3.63. The summed E-state index contributed by atoms with van der Waals surface area (Å²) >= 11 is 0. The van der Waals surface area contributed by atoms with Gasteiger partial charge in [0.25, 0.3) is 0 Å². The van der Waals surface area contributed by atoms with E-state index in [1.54, 1.807) is 0 Å². The molecule has 83 valence electrons. The first-order valence-electron chi connectivity index (χ1n) is 5.86. The van der Waals surface area contributed by atoms with Gasteiger partial charge in [0.15, 0.2) is 0 Å². The molecule has 1 aromatic rings. The van der Waals surface area contributed by atoms with E-state index in [4.69, 9.17) is 0 Å². The van der Waals surface area contributed by atoms with E-state index >= 15 is 0 Å². The Morgan fingerprint density at radius 3 is 3.06 bits per heavy atom. The Balaban J connectivity index is 1.66. The summed E-state index contributed by atoms with van der Waals surface area (Å²) in [5.74, 6) is 0.809. The van der Waals surface area contributed by atoms with Crippen LogP contribution in [0.5, 0.6) is 0 Å². The first kappa shape index (κ1) is 9.91. The number of nitrogens with one attached hydrogen (secondary N) is 1. The number of benzene rings is 1. The summed E-state index contributed by atoms with van der Waals surface area (Å²) in [6.45, 7) is 7.10. The number of hydrogen-bond donors (Lipinski definition) is 1. The minimum atomic E-state index is 0.720. The summed E-state index contributed by atoms with van der Waals surface area (Å²) < 4.78 is 0. The highest BCUT2D eigenvalue weighted by Crippen LogP contribution is 2.40. The van der Waals surface area contributed by atoms with Crippen LogP contribution in [0.1, 0.15) is 23.1 Å². The fourth-order valence-electron chi connectivity index (χ4n) is 2.32. The molecular weight excluding hydrogens is 196 g/mol. The Morgan fingerprint density at radius 1 is 1.50 bits per heavy atom. The quantitative estimate of drug-likeness (QED) is 0.829. The van der Waals surface area contributed by atoms with Crippen LogP contribution in [0.2, 0.25) is 0 Å². The van der Waals surface area contributed by atoms with Gasteiger partial charge in [-0.15, -0.1) is 0 Å². The molecule has 2 atom stereocenters. The molecule has 0 aromatic heterocycles. The van der Waals surface area contributed by atoms with Crippen LogP contribution in [-0.2, 0) is 6.54 Å². The van der Waals surface area contributed by atoms with E-state index in [2.05, 4.69) is 54.8 Å². The molecule has 0 amide bonds. The second-order valence-corrected chi connectivity index (χ2v) is 4.76. The number of hydrogen-bond acceptors (Lipinski definition) is 2. The van der Waals surface area contributed by atoms with Crippen LogP contribution in [0.4, 0.5) is 0 Å². The lowest BCUT2D eigenvalue weighted by atomic mass is 10.0. The van der Waals surface area contributed by atoms with Gasteiger partial charge in [-0.3, -0.25) is 0 Å². The van der Waals surface area contributed by atoms with Crippen molar-refractivity contribution in [3.05, 3.63) is 54.1 Å². The molecule has 2 nitrogen and oxygen atoms in total. The number of aryl methyl sites for hydroxylation is 1. The molecule has 1 aromatic carbocycles. The van der Waals surface area contributed by atoms with Crippen molar-refractivity contribution in [2.75, 3.05) is 0 Å². The van der Waals surface area contributed by atoms with Gasteiger partial charge in [0.05, 0.1) is 6.04 Å². The van der Waals surface area contributed by atoms with E-state index < -0.39 is 0 Å². The van der Waals surface area contributed by atoms with Gasteiger partial charge in [-0.1, -0.05) is 24.3 Å². The number of rotatable bonds is 3. The fourth-order valence-corrected chi connectivity index (χ4v) is 2.32. The summed E-state index contributed by atoms with van der Waals surface area (Å²) in [5, 5.41) is 2.24. The normalized spacial score (nSPS) is 26.0. The van der Waals surface area contributed by atoms with E-state index in [-0.39, 0.29) is 0 Å². The molecule has 1 N–H and O–H groups in total. The Labute approximate surface area is 96.9 Å². The molecule has 0 saturated heterocycles. The van der Waals surface area contributed by atoms with Crippen LogP contribution in [0.15, 0.2) is 30.5 Å². The van der Waals surface area contributed by atoms with Crippen molar-refractivity contribution in [1.29, 1.82) is 0 Å². The van der Waals surface area contributed by atoms with Gasteiger partial charge in [-0.05, 0) is 37.0 Å². The Morgan fingerprint density at radius 2 is 2.38 bits per heavy atom. The van der Waals surface area contributed by atoms with Crippen LogP contribution >= 0.6 is 0 Å². The number of hydrazine groups is 1. The molecule has 16 heavy (non-hydrogen) atoms. The van der Waals surface area contributed by atoms with Crippen molar-refractivity contribution < 1.29 is 0 Å². The smallest absolute Gasteiger partial charge is 0.0518 e. The average Bonchev–Trinajstić information content (AvgIpc) is 2.96. The van der Waals surface area contributed by atoms with Crippen molar-refractivity contribution in [1.82, 2.24) is 10.4 Å². The van der Waals surface area contributed by atoms with E-state index in [1.165, 1.54) is 17.5 Å². The highest BCUT2D eigenvalue weighted by Gasteiger charge is 2.42. The standard InChI is InChI=1S/C14H17N2/c1-10-4-3-5-13(11(10)2)9-15-16-7-6-12-8-14(12)16/h3-7,12,14-15H,2,8-9H2,1H3. The molecule has 2 heteroatoms. The molecule has 0 spiro atoms. The van der Waals surface area contributed by atoms with Gasteiger partial charge in [-0.2, -0.15) is 0 Å². The van der Waals surface area contributed by atoms with Crippen molar-refractivity contribution in [2.24, 2.45) is 5.92 Å². The fraction of sp³-hybridized carbons (Fsp3) is 0.357. The third kappa shape index (κ3) is 1.63.